The quantitative estimate of drug-likeness (QED) is 0.557. The molecule has 0 rings (SSSR count). The lowest BCUT2D eigenvalue weighted by molar-refractivity contribution is 1.42. The fourth-order valence-electron chi connectivity index (χ4n) is 0.606. The van der Waals surface area contributed by atoms with Crippen molar-refractivity contribution in [2.75, 3.05) is 11.5 Å². The van der Waals surface area contributed by atoms with Crippen molar-refractivity contribution in [3.05, 3.63) is 12.0 Å². The molecular formula is C7H13NS. The summed E-state index contributed by atoms with van der Waals surface area (Å²) in [7, 11) is -1.08. The molecule has 0 aliphatic carbocycles. The van der Waals surface area contributed by atoms with Crippen molar-refractivity contribution in [2.24, 2.45) is 0 Å². The van der Waals surface area contributed by atoms with E-state index in [1.165, 1.54) is 0 Å². The third-order valence-corrected chi connectivity index (χ3v) is 4.59. The van der Waals surface area contributed by atoms with Crippen LogP contribution in [0.4, 0.5) is 0 Å². The molecule has 0 fully saturated rings. The third-order valence-electron chi connectivity index (χ3n) is 1.53. The Morgan fingerprint density at radius 1 is 1.56 bits per heavy atom. The van der Waals surface area contributed by atoms with Crippen LogP contribution in [0.1, 0.15) is 13.8 Å². The van der Waals surface area contributed by atoms with Crippen molar-refractivity contribution in [3.63, 3.8) is 0 Å². The molecule has 2 heteroatoms. The minimum absolute atomic E-state index is 0.948. The molecule has 9 heavy (non-hydrogen) atoms. The van der Waals surface area contributed by atoms with Crippen molar-refractivity contribution in [2.45, 2.75) is 13.8 Å². The second kappa shape index (κ2) is 3.58. The largest absolute Gasteiger partial charge is 0.186 e. The van der Waals surface area contributed by atoms with E-state index < -0.39 is 10.0 Å². The molecule has 0 radical (unpaired) electrons. The van der Waals surface area contributed by atoms with Crippen LogP contribution >= 0.6 is 10.0 Å². The maximum absolute atomic E-state index is 8.69. The molecule has 0 aliphatic heterocycles. The molecule has 0 saturated carbocycles. The van der Waals surface area contributed by atoms with Gasteiger partial charge in [-0.2, -0.15) is 5.26 Å². The Morgan fingerprint density at radius 2 is 2.00 bits per heavy atom. The highest BCUT2D eigenvalue weighted by Gasteiger charge is 2.12. The first kappa shape index (κ1) is 8.58. The Kier molecular flexibility index (Phi) is 3.41. The molecule has 0 atom stereocenters. The van der Waals surface area contributed by atoms with E-state index in [1.807, 2.05) is 19.3 Å². The topological polar surface area (TPSA) is 23.8 Å². The normalized spacial score (nSPS) is 12.1. The average molecular weight is 143 g/mol. The number of nitriles is 1. The minimum atomic E-state index is -1.08. The van der Waals surface area contributed by atoms with E-state index in [9.17, 15) is 0 Å². The van der Waals surface area contributed by atoms with E-state index in [2.05, 4.69) is 12.0 Å². The molecular weight excluding hydrogens is 130 g/mol. The number of rotatable bonds is 3. The van der Waals surface area contributed by atoms with Crippen LogP contribution in [0, 0.1) is 10.7 Å². The summed E-state index contributed by atoms with van der Waals surface area (Å²) < 4.78 is 0. The van der Waals surface area contributed by atoms with Gasteiger partial charge in [-0.1, -0.05) is 20.4 Å². The number of thiocyanates is 1. The van der Waals surface area contributed by atoms with Gasteiger partial charge in [0, 0.05) is 0 Å². The predicted octanol–water partition coefficient (Wildman–Crippen LogP) is 2.46. The van der Waals surface area contributed by atoms with E-state index in [1.54, 1.807) is 0 Å². The van der Waals surface area contributed by atoms with Crippen LogP contribution in [-0.2, 0) is 0 Å². The summed E-state index contributed by atoms with van der Waals surface area (Å²) >= 11 is 0. The standard InChI is InChI=1S/C7H13NS/c1-4-9(5-2,6-3)7-8/h4H,1,5-6H2,2-3H3. The van der Waals surface area contributed by atoms with Gasteiger partial charge >= 0.3 is 0 Å². The van der Waals surface area contributed by atoms with Gasteiger partial charge in [-0.05, 0) is 16.9 Å². The zero-order chi connectivity index (χ0) is 7.33. The molecule has 0 amide bonds. The Hall–Kier alpha value is -0.420. The number of hydrogen-bond acceptors (Lipinski definition) is 1. The molecule has 0 saturated heterocycles. The van der Waals surface area contributed by atoms with Crippen molar-refractivity contribution in [1.82, 2.24) is 0 Å². The lowest BCUT2D eigenvalue weighted by atomic mass is 11.0. The van der Waals surface area contributed by atoms with E-state index in [0.29, 0.717) is 0 Å². The molecule has 0 bridgehead atoms. The Labute approximate surface area is 58.7 Å². The molecule has 52 valence electrons. The maximum Gasteiger partial charge on any atom is 0.117 e. The lowest BCUT2D eigenvalue weighted by Gasteiger charge is -2.23. The molecule has 0 aromatic carbocycles. The van der Waals surface area contributed by atoms with E-state index in [4.69, 9.17) is 5.26 Å². The summed E-state index contributed by atoms with van der Waals surface area (Å²) in [6.07, 6.45) is 0. The lowest BCUT2D eigenvalue weighted by Crippen LogP contribution is -1.97. The van der Waals surface area contributed by atoms with E-state index in [0.717, 1.165) is 11.5 Å². The van der Waals surface area contributed by atoms with Gasteiger partial charge in [0.1, 0.15) is 5.40 Å². The van der Waals surface area contributed by atoms with Crippen LogP contribution in [0.2, 0.25) is 0 Å². The van der Waals surface area contributed by atoms with Crippen LogP contribution in [0.3, 0.4) is 0 Å². The van der Waals surface area contributed by atoms with Gasteiger partial charge in [0.05, 0.1) is 0 Å². The van der Waals surface area contributed by atoms with Crippen LogP contribution in [-0.4, -0.2) is 11.5 Å². The van der Waals surface area contributed by atoms with E-state index >= 15 is 0 Å². The molecule has 0 aromatic heterocycles. The SMILES string of the molecule is C=CS(C#N)(CC)CC. The van der Waals surface area contributed by atoms with Crippen LogP contribution in [0.5, 0.6) is 0 Å². The van der Waals surface area contributed by atoms with Crippen molar-refractivity contribution < 1.29 is 0 Å². The number of nitrogens with zero attached hydrogens (tertiary/aromatic N) is 1. The zero-order valence-electron chi connectivity index (χ0n) is 6.05. The monoisotopic (exact) mass is 143 g/mol. The van der Waals surface area contributed by atoms with Gasteiger partial charge < -0.3 is 0 Å². The van der Waals surface area contributed by atoms with Gasteiger partial charge in [0.2, 0.25) is 0 Å². The minimum Gasteiger partial charge on any atom is -0.186 e. The molecule has 0 aliphatic rings. The van der Waals surface area contributed by atoms with Gasteiger partial charge in [0.25, 0.3) is 0 Å². The second-order valence-electron chi connectivity index (χ2n) is 1.78. The van der Waals surface area contributed by atoms with Crippen LogP contribution < -0.4 is 0 Å². The highest BCUT2D eigenvalue weighted by Crippen LogP contribution is 2.46. The second-order valence-corrected chi connectivity index (χ2v) is 5.34. The molecule has 0 heterocycles. The predicted molar refractivity (Wildman–Crippen MR) is 44.5 cm³/mol. The van der Waals surface area contributed by atoms with Crippen LogP contribution in [0.25, 0.3) is 0 Å². The summed E-state index contributed by atoms with van der Waals surface area (Å²) in [5, 5.41) is 12.8. The highest BCUT2D eigenvalue weighted by molar-refractivity contribution is 8.39. The van der Waals surface area contributed by atoms with Gasteiger partial charge in [-0.15, -0.1) is 10.0 Å². The first-order valence-corrected chi connectivity index (χ1v) is 5.10. The Morgan fingerprint density at radius 3 is 2.00 bits per heavy atom. The molecule has 0 N–H and O–H groups in total. The van der Waals surface area contributed by atoms with Crippen molar-refractivity contribution in [1.29, 1.82) is 5.26 Å². The summed E-state index contributed by atoms with van der Waals surface area (Å²) in [5.74, 6) is 1.90. The summed E-state index contributed by atoms with van der Waals surface area (Å²) in [5.41, 5.74) is 0. The van der Waals surface area contributed by atoms with Crippen molar-refractivity contribution >= 4 is 10.0 Å². The van der Waals surface area contributed by atoms with E-state index in [-0.39, 0.29) is 0 Å². The molecule has 0 unspecified atom stereocenters. The fourth-order valence-corrected chi connectivity index (χ4v) is 1.82. The summed E-state index contributed by atoms with van der Waals surface area (Å²) in [6, 6.07) is 0. The molecule has 1 nitrogen and oxygen atoms in total. The summed E-state index contributed by atoms with van der Waals surface area (Å²) in [6.45, 7) is 7.75. The van der Waals surface area contributed by atoms with Gasteiger partial charge in [-0.3, -0.25) is 0 Å². The van der Waals surface area contributed by atoms with Gasteiger partial charge in [-0.25, -0.2) is 0 Å². The smallest absolute Gasteiger partial charge is 0.117 e. The Balaban J connectivity index is 4.21. The molecule has 0 aromatic rings. The fraction of sp³-hybridized carbons (Fsp3) is 0.571. The third kappa shape index (κ3) is 1.76. The first-order valence-electron chi connectivity index (χ1n) is 3.06. The Bertz CT molecular complexity index is 130. The van der Waals surface area contributed by atoms with Crippen LogP contribution in [0.15, 0.2) is 12.0 Å². The maximum atomic E-state index is 8.69. The highest BCUT2D eigenvalue weighted by atomic mass is 32.3. The van der Waals surface area contributed by atoms with Crippen molar-refractivity contribution in [3.8, 4) is 5.40 Å². The number of hydrogen-bond donors (Lipinski definition) is 0. The summed E-state index contributed by atoms with van der Waals surface area (Å²) in [4.78, 5) is 0. The van der Waals surface area contributed by atoms with Gasteiger partial charge in [0.15, 0.2) is 0 Å². The first-order chi connectivity index (χ1) is 4.24. The average Bonchev–Trinajstić information content (AvgIpc) is 1.95. The zero-order valence-corrected chi connectivity index (χ0v) is 6.87. The molecule has 0 spiro atoms.